The lowest BCUT2D eigenvalue weighted by molar-refractivity contribution is -0.889. The van der Waals surface area contributed by atoms with Crippen LogP contribution in [0.15, 0.2) is 24.3 Å². The van der Waals surface area contributed by atoms with E-state index in [-0.39, 0.29) is 42.7 Å². The first-order valence-corrected chi connectivity index (χ1v) is 24.4. The van der Waals surface area contributed by atoms with E-state index < -0.39 is 18.1 Å². The zero-order valence-electron chi connectivity index (χ0n) is 38.7. The van der Waals surface area contributed by atoms with E-state index in [4.69, 9.17) is 14.2 Å². The first-order chi connectivity index (χ1) is 28.1. The van der Waals surface area contributed by atoms with Gasteiger partial charge in [0.25, 0.3) is 0 Å². The third-order valence-electron chi connectivity index (χ3n) is 11.1. The number of likely N-dealkylation sites (N-methyl/N-ethyl adjacent to an activating group) is 1. The van der Waals surface area contributed by atoms with Crippen LogP contribution in [0.5, 0.6) is 0 Å². The van der Waals surface area contributed by atoms with Gasteiger partial charge >= 0.3 is 11.9 Å². The van der Waals surface area contributed by atoms with Gasteiger partial charge in [-0.15, -0.1) is 0 Å². The molecule has 0 fully saturated rings. The molecule has 0 amide bonds. The highest BCUT2D eigenvalue weighted by molar-refractivity contribution is 5.70. The van der Waals surface area contributed by atoms with Crippen molar-refractivity contribution in [3.05, 3.63) is 24.3 Å². The summed E-state index contributed by atoms with van der Waals surface area (Å²) in [5.41, 5.74) is 0. The first kappa shape index (κ1) is 55.8. The highest BCUT2D eigenvalue weighted by Crippen LogP contribution is 2.15. The van der Waals surface area contributed by atoms with Crippen LogP contribution in [-0.2, 0) is 28.6 Å². The van der Waals surface area contributed by atoms with Crippen molar-refractivity contribution < 1.29 is 38.2 Å². The fourth-order valence-corrected chi connectivity index (χ4v) is 7.24. The van der Waals surface area contributed by atoms with Gasteiger partial charge < -0.3 is 28.6 Å². The van der Waals surface area contributed by atoms with E-state index in [9.17, 15) is 19.5 Å². The monoisotopic (exact) mass is 820 g/mol. The van der Waals surface area contributed by atoms with Crippen molar-refractivity contribution in [1.29, 1.82) is 0 Å². The smallest absolute Gasteiger partial charge is 0.306 e. The second-order valence-electron chi connectivity index (χ2n) is 17.7. The topological polar surface area (TPSA) is 102 Å². The molecule has 0 heterocycles. The molecule has 0 spiro atoms. The molecular weight excluding hydrogens is 727 g/mol. The number of esters is 2. The molecule has 0 aromatic carbocycles. The van der Waals surface area contributed by atoms with Gasteiger partial charge in [-0.3, -0.25) is 9.59 Å². The number of nitrogens with zero attached hydrogens (tertiary/aromatic N) is 1. The minimum Gasteiger partial charge on any atom is -0.544 e. The largest absolute Gasteiger partial charge is 0.544 e. The third-order valence-corrected chi connectivity index (χ3v) is 11.1. The Bertz CT molecular complexity index is 1000. The fraction of sp³-hybridized carbons (Fsp3) is 0.860. The van der Waals surface area contributed by atoms with E-state index >= 15 is 0 Å². The summed E-state index contributed by atoms with van der Waals surface area (Å²) < 4.78 is 17.2. The van der Waals surface area contributed by atoms with Crippen LogP contribution in [0.1, 0.15) is 226 Å². The molecule has 58 heavy (non-hydrogen) atoms. The van der Waals surface area contributed by atoms with Gasteiger partial charge in [0, 0.05) is 19.3 Å². The molecule has 2 unspecified atom stereocenters. The lowest BCUT2D eigenvalue weighted by atomic mass is 10.1. The number of carbonyl (C=O) groups excluding carboxylic acids is 3. The maximum absolute atomic E-state index is 12.7. The number of rotatable bonds is 44. The average Bonchev–Trinajstić information content (AvgIpc) is 3.18. The molecule has 0 saturated carbocycles. The number of hydrogen-bond acceptors (Lipinski definition) is 7. The van der Waals surface area contributed by atoms with E-state index in [1.54, 1.807) is 21.1 Å². The van der Waals surface area contributed by atoms with E-state index in [1.807, 2.05) is 0 Å². The Kier molecular flexibility index (Phi) is 40.0. The van der Waals surface area contributed by atoms with Crippen molar-refractivity contribution in [3.8, 4) is 0 Å². The highest BCUT2D eigenvalue weighted by atomic mass is 16.6. The van der Waals surface area contributed by atoms with Gasteiger partial charge in [0.2, 0.25) is 0 Å². The third kappa shape index (κ3) is 39.3. The molecule has 340 valence electrons. The molecule has 0 radical (unpaired) electrons. The number of aliphatic carboxylic acids is 1. The maximum Gasteiger partial charge on any atom is 0.306 e. The van der Waals surface area contributed by atoms with Crippen molar-refractivity contribution in [2.24, 2.45) is 0 Å². The molecule has 0 aromatic rings. The van der Waals surface area contributed by atoms with E-state index in [2.05, 4.69) is 38.2 Å². The van der Waals surface area contributed by atoms with Crippen molar-refractivity contribution in [2.75, 3.05) is 41.0 Å². The van der Waals surface area contributed by atoms with Crippen molar-refractivity contribution >= 4 is 17.9 Å². The van der Waals surface area contributed by atoms with Gasteiger partial charge in [-0.25, -0.2) is 0 Å². The average molecular weight is 820 g/mol. The van der Waals surface area contributed by atoms with Crippen LogP contribution >= 0.6 is 0 Å². The number of ether oxygens (including phenoxy) is 3. The van der Waals surface area contributed by atoms with Crippen molar-refractivity contribution in [3.63, 3.8) is 0 Å². The number of unbranched alkanes of at least 4 members (excludes halogenated alkanes) is 26. The Morgan fingerprint density at radius 3 is 1.24 bits per heavy atom. The molecule has 0 N–H and O–H groups in total. The second-order valence-corrected chi connectivity index (χ2v) is 17.7. The van der Waals surface area contributed by atoms with Crippen LogP contribution in [0.2, 0.25) is 0 Å². The SMILES string of the molecule is CCCCCCCC/C=C/CCCCCCCCCC(=O)OCC(COCCC(C(=O)[O-])[N+](C)(C)C)OC(=O)CCCCCCCCC/C=C/CCCCCCCC. The van der Waals surface area contributed by atoms with Gasteiger partial charge in [0.05, 0.1) is 40.3 Å². The quantitative estimate of drug-likeness (QED) is 0.0261. The van der Waals surface area contributed by atoms with Gasteiger partial charge in [-0.1, -0.05) is 167 Å². The van der Waals surface area contributed by atoms with Crippen LogP contribution in [0.3, 0.4) is 0 Å². The summed E-state index contributed by atoms with van der Waals surface area (Å²) in [5, 5.41) is 11.6. The van der Waals surface area contributed by atoms with Crippen molar-refractivity contribution in [1.82, 2.24) is 0 Å². The first-order valence-electron chi connectivity index (χ1n) is 24.4. The summed E-state index contributed by atoms with van der Waals surface area (Å²) in [6, 6.07) is -0.725. The zero-order valence-corrected chi connectivity index (χ0v) is 38.7. The highest BCUT2D eigenvalue weighted by Gasteiger charge is 2.25. The van der Waals surface area contributed by atoms with E-state index in [0.29, 0.717) is 12.8 Å². The summed E-state index contributed by atoms with van der Waals surface area (Å²) >= 11 is 0. The molecule has 2 atom stereocenters. The molecule has 0 rings (SSSR count). The second kappa shape index (κ2) is 41.5. The molecule has 0 saturated heterocycles. The van der Waals surface area contributed by atoms with Crippen LogP contribution < -0.4 is 5.11 Å². The number of carboxylic acids is 1. The Morgan fingerprint density at radius 1 is 0.500 bits per heavy atom. The van der Waals surface area contributed by atoms with Gasteiger partial charge in [-0.05, 0) is 64.2 Å². The predicted octanol–water partition coefficient (Wildman–Crippen LogP) is 12.3. The predicted molar refractivity (Wildman–Crippen MR) is 240 cm³/mol. The summed E-state index contributed by atoms with van der Waals surface area (Å²) in [5.74, 6) is -1.73. The molecule has 0 aromatic heterocycles. The lowest BCUT2D eigenvalue weighted by Gasteiger charge is -2.34. The van der Waals surface area contributed by atoms with Crippen LogP contribution in [0, 0.1) is 0 Å². The number of carboxylic acid groups (broad SMARTS) is 1. The lowest BCUT2D eigenvalue weighted by Crippen LogP contribution is -2.55. The Hall–Kier alpha value is -2.19. The van der Waals surface area contributed by atoms with Gasteiger partial charge in [0.15, 0.2) is 6.10 Å². The summed E-state index contributed by atoms with van der Waals surface area (Å²) in [6.07, 6.45) is 46.2. The van der Waals surface area contributed by atoms with E-state index in [1.165, 1.54) is 154 Å². The minimum absolute atomic E-state index is 0.0408. The van der Waals surface area contributed by atoms with Crippen LogP contribution in [0.4, 0.5) is 0 Å². The van der Waals surface area contributed by atoms with Crippen LogP contribution in [-0.4, -0.2) is 75.5 Å². The summed E-state index contributed by atoms with van der Waals surface area (Å²) in [6.45, 7) is 4.67. The number of carbonyl (C=O) groups is 3. The number of hydrogen-bond donors (Lipinski definition) is 0. The molecule has 0 aliphatic rings. The molecule has 8 nitrogen and oxygen atoms in total. The van der Waals surface area contributed by atoms with Crippen molar-refractivity contribution in [2.45, 2.75) is 238 Å². The molecular formula is C50H93NO7. The Labute approximate surface area is 358 Å². The molecule has 0 aliphatic heterocycles. The molecule has 8 heteroatoms. The summed E-state index contributed by atoms with van der Waals surface area (Å²) in [7, 11) is 5.41. The molecule has 0 bridgehead atoms. The fourth-order valence-electron chi connectivity index (χ4n) is 7.24. The maximum atomic E-state index is 12.7. The van der Waals surface area contributed by atoms with Gasteiger partial charge in [-0.2, -0.15) is 0 Å². The van der Waals surface area contributed by atoms with Gasteiger partial charge in [0.1, 0.15) is 12.6 Å². The van der Waals surface area contributed by atoms with Crippen LogP contribution in [0.25, 0.3) is 0 Å². The zero-order chi connectivity index (χ0) is 42.8. The number of allylic oxidation sites excluding steroid dienone is 4. The normalized spacial score (nSPS) is 13.1. The Balaban J connectivity index is 4.28. The minimum atomic E-state index is -1.12. The Morgan fingerprint density at radius 2 is 0.862 bits per heavy atom. The summed E-state index contributed by atoms with van der Waals surface area (Å²) in [4.78, 5) is 36.9. The standard InChI is InChI=1S/C50H93NO7/c1-6-8-10-12-14-16-18-20-22-24-26-28-30-32-34-36-38-40-48(52)57-45-46(44-56-43-42-47(50(54)55)51(3,4)5)58-49(53)41-39-37-35-33-31-29-27-25-23-21-19-17-15-13-11-9-7-2/h20-23,46-47H,6-19,24-45H2,1-5H3/b22-20+,23-21+. The molecule has 0 aliphatic carbocycles. The van der Waals surface area contributed by atoms with E-state index in [0.717, 1.165) is 38.5 Å². The number of quaternary nitrogens is 1.